The van der Waals surface area contributed by atoms with Crippen molar-refractivity contribution in [2.24, 2.45) is 0 Å². The molecule has 1 amide bonds. The van der Waals surface area contributed by atoms with Crippen molar-refractivity contribution in [3.8, 4) is 0 Å². The third kappa shape index (κ3) is 11.3. The van der Waals surface area contributed by atoms with E-state index >= 15 is 0 Å². The van der Waals surface area contributed by atoms with Crippen LogP contribution in [0.5, 0.6) is 0 Å². The summed E-state index contributed by atoms with van der Waals surface area (Å²) in [6, 6.07) is 0.467. The number of amides is 1. The molecular weight excluding hydrogens is 192 g/mol. The van der Waals surface area contributed by atoms with Crippen LogP contribution in [0.3, 0.4) is 0 Å². The van der Waals surface area contributed by atoms with Gasteiger partial charge in [-0.1, -0.05) is 20.8 Å². The lowest BCUT2D eigenvalue weighted by molar-refractivity contribution is -0.122. The van der Waals surface area contributed by atoms with Gasteiger partial charge in [0, 0.05) is 32.2 Å². The Morgan fingerprint density at radius 1 is 1.27 bits per heavy atom. The molecule has 0 aromatic rings. The summed E-state index contributed by atoms with van der Waals surface area (Å²) in [6.07, 6.45) is 1.46. The normalized spacial score (nSPS) is 10.7. The van der Waals surface area contributed by atoms with Gasteiger partial charge >= 0.3 is 0 Å². The molecule has 0 radical (unpaired) electrons. The molecule has 4 heteroatoms. The van der Waals surface area contributed by atoms with Gasteiger partial charge in [-0.25, -0.2) is 0 Å². The molecule has 0 saturated heterocycles. The van der Waals surface area contributed by atoms with E-state index in [2.05, 4.69) is 31.4 Å². The standard InChI is InChI=1S/C11H24N2O2/c1-4-8-15-9-5-11(14)13-7-6-12-10(2)3/h10,12H,4-9H2,1-3H3,(H,13,14). The second-order valence-corrected chi connectivity index (χ2v) is 3.82. The molecule has 15 heavy (non-hydrogen) atoms. The molecule has 0 heterocycles. The van der Waals surface area contributed by atoms with Crippen molar-refractivity contribution in [3.63, 3.8) is 0 Å². The first-order valence-electron chi connectivity index (χ1n) is 5.74. The van der Waals surface area contributed by atoms with Gasteiger partial charge in [-0.2, -0.15) is 0 Å². The van der Waals surface area contributed by atoms with E-state index in [0.717, 1.165) is 19.6 Å². The summed E-state index contributed by atoms with van der Waals surface area (Å²) in [4.78, 5) is 11.2. The first-order chi connectivity index (χ1) is 7.16. The van der Waals surface area contributed by atoms with Crippen molar-refractivity contribution in [1.82, 2.24) is 10.6 Å². The Labute approximate surface area is 92.8 Å². The van der Waals surface area contributed by atoms with Gasteiger partial charge < -0.3 is 15.4 Å². The summed E-state index contributed by atoms with van der Waals surface area (Å²) in [5.41, 5.74) is 0. The molecule has 0 aromatic heterocycles. The highest BCUT2D eigenvalue weighted by molar-refractivity contribution is 5.75. The molecule has 0 unspecified atom stereocenters. The topological polar surface area (TPSA) is 50.4 Å². The van der Waals surface area contributed by atoms with Crippen LogP contribution in [0.25, 0.3) is 0 Å². The van der Waals surface area contributed by atoms with Gasteiger partial charge in [0.2, 0.25) is 5.91 Å². The highest BCUT2D eigenvalue weighted by Gasteiger charge is 1.99. The number of carbonyl (C=O) groups excluding carboxylic acids is 1. The van der Waals surface area contributed by atoms with E-state index in [1.165, 1.54) is 0 Å². The van der Waals surface area contributed by atoms with E-state index < -0.39 is 0 Å². The maximum atomic E-state index is 11.2. The summed E-state index contributed by atoms with van der Waals surface area (Å²) in [5.74, 6) is 0.0664. The second-order valence-electron chi connectivity index (χ2n) is 3.82. The van der Waals surface area contributed by atoms with Crippen LogP contribution in [-0.4, -0.2) is 38.3 Å². The number of hydrogen-bond acceptors (Lipinski definition) is 3. The van der Waals surface area contributed by atoms with Crippen molar-refractivity contribution in [2.45, 2.75) is 39.7 Å². The third-order valence-corrected chi connectivity index (χ3v) is 1.82. The largest absolute Gasteiger partial charge is 0.381 e. The van der Waals surface area contributed by atoms with Crippen molar-refractivity contribution in [2.75, 3.05) is 26.3 Å². The van der Waals surface area contributed by atoms with Gasteiger partial charge in [0.25, 0.3) is 0 Å². The van der Waals surface area contributed by atoms with Crippen molar-refractivity contribution >= 4 is 5.91 Å². The van der Waals surface area contributed by atoms with E-state index in [9.17, 15) is 4.79 Å². The summed E-state index contributed by atoms with van der Waals surface area (Å²) in [7, 11) is 0. The zero-order valence-electron chi connectivity index (χ0n) is 10.1. The van der Waals surface area contributed by atoms with E-state index in [1.807, 2.05) is 0 Å². The van der Waals surface area contributed by atoms with Gasteiger partial charge in [0.1, 0.15) is 0 Å². The number of ether oxygens (including phenoxy) is 1. The van der Waals surface area contributed by atoms with Gasteiger partial charge in [-0.05, 0) is 6.42 Å². The van der Waals surface area contributed by atoms with Crippen LogP contribution in [0, 0.1) is 0 Å². The predicted molar refractivity (Wildman–Crippen MR) is 61.9 cm³/mol. The molecule has 0 atom stereocenters. The highest BCUT2D eigenvalue weighted by atomic mass is 16.5. The number of rotatable bonds is 9. The Balaban J connectivity index is 3.19. The Kier molecular flexibility index (Phi) is 9.52. The lowest BCUT2D eigenvalue weighted by atomic mass is 10.4. The average molecular weight is 216 g/mol. The maximum Gasteiger partial charge on any atom is 0.222 e. The maximum absolute atomic E-state index is 11.2. The summed E-state index contributed by atoms with van der Waals surface area (Å²) >= 11 is 0. The fourth-order valence-electron chi connectivity index (χ4n) is 1.06. The lowest BCUT2D eigenvalue weighted by Crippen LogP contribution is -2.34. The molecule has 0 fully saturated rings. The average Bonchev–Trinajstić information content (AvgIpc) is 2.19. The molecule has 0 aliphatic heterocycles. The fourth-order valence-corrected chi connectivity index (χ4v) is 1.06. The molecule has 0 aliphatic rings. The van der Waals surface area contributed by atoms with Crippen LogP contribution in [0.2, 0.25) is 0 Å². The highest BCUT2D eigenvalue weighted by Crippen LogP contribution is 1.85. The Hall–Kier alpha value is -0.610. The summed E-state index contributed by atoms with van der Waals surface area (Å²) in [6.45, 7) is 8.99. The second kappa shape index (κ2) is 9.93. The Morgan fingerprint density at radius 3 is 2.60 bits per heavy atom. The van der Waals surface area contributed by atoms with Crippen molar-refractivity contribution < 1.29 is 9.53 Å². The van der Waals surface area contributed by atoms with Gasteiger partial charge in [0.05, 0.1) is 6.61 Å². The molecule has 2 N–H and O–H groups in total. The number of nitrogens with one attached hydrogen (secondary N) is 2. The molecule has 0 spiro atoms. The summed E-state index contributed by atoms with van der Waals surface area (Å²) < 4.78 is 5.22. The number of carbonyl (C=O) groups is 1. The van der Waals surface area contributed by atoms with E-state index in [1.54, 1.807) is 0 Å². The Bertz CT molecular complexity index is 161. The van der Waals surface area contributed by atoms with Crippen LogP contribution in [0.4, 0.5) is 0 Å². The predicted octanol–water partition coefficient (Wildman–Crippen LogP) is 0.917. The van der Waals surface area contributed by atoms with Gasteiger partial charge in [-0.15, -0.1) is 0 Å². The number of hydrogen-bond donors (Lipinski definition) is 2. The SMILES string of the molecule is CCCOCCC(=O)NCCNC(C)C. The van der Waals surface area contributed by atoms with E-state index in [4.69, 9.17) is 4.74 Å². The molecule has 0 rings (SSSR count). The monoisotopic (exact) mass is 216 g/mol. The summed E-state index contributed by atoms with van der Waals surface area (Å²) in [5, 5.41) is 6.06. The van der Waals surface area contributed by atoms with E-state index in [0.29, 0.717) is 25.6 Å². The van der Waals surface area contributed by atoms with Gasteiger partial charge in [-0.3, -0.25) is 4.79 Å². The molecule has 4 nitrogen and oxygen atoms in total. The minimum absolute atomic E-state index is 0.0664. The zero-order chi connectivity index (χ0) is 11.5. The molecule has 90 valence electrons. The smallest absolute Gasteiger partial charge is 0.222 e. The third-order valence-electron chi connectivity index (χ3n) is 1.82. The van der Waals surface area contributed by atoms with Crippen LogP contribution >= 0.6 is 0 Å². The molecular formula is C11H24N2O2. The first kappa shape index (κ1) is 14.4. The molecule has 0 saturated carbocycles. The van der Waals surface area contributed by atoms with Crippen LogP contribution < -0.4 is 10.6 Å². The van der Waals surface area contributed by atoms with Crippen LogP contribution in [0.1, 0.15) is 33.6 Å². The first-order valence-corrected chi connectivity index (χ1v) is 5.74. The quantitative estimate of drug-likeness (QED) is 0.563. The molecule has 0 aliphatic carbocycles. The van der Waals surface area contributed by atoms with Crippen LogP contribution in [-0.2, 0) is 9.53 Å². The molecule has 0 bridgehead atoms. The zero-order valence-corrected chi connectivity index (χ0v) is 10.1. The van der Waals surface area contributed by atoms with Crippen LogP contribution in [0.15, 0.2) is 0 Å². The van der Waals surface area contributed by atoms with Crippen molar-refractivity contribution in [1.29, 1.82) is 0 Å². The van der Waals surface area contributed by atoms with Crippen molar-refractivity contribution in [3.05, 3.63) is 0 Å². The minimum Gasteiger partial charge on any atom is -0.381 e. The Morgan fingerprint density at radius 2 is 2.00 bits per heavy atom. The lowest BCUT2D eigenvalue weighted by Gasteiger charge is -2.09. The molecule has 0 aromatic carbocycles. The van der Waals surface area contributed by atoms with Gasteiger partial charge in [0.15, 0.2) is 0 Å². The van der Waals surface area contributed by atoms with E-state index in [-0.39, 0.29) is 5.91 Å². The fraction of sp³-hybridized carbons (Fsp3) is 0.909. The minimum atomic E-state index is 0.0664.